The Morgan fingerprint density at radius 3 is 2.13 bits per heavy atom. The molecule has 1 aromatic heterocycles. The number of amides is 1. The number of nitro benzene ring substituents is 1. The Morgan fingerprint density at radius 1 is 0.868 bits per heavy atom. The van der Waals surface area contributed by atoms with Crippen molar-refractivity contribution in [1.29, 1.82) is 0 Å². The lowest BCUT2D eigenvalue weighted by molar-refractivity contribution is -0.384. The molecule has 0 bridgehead atoms. The maximum Gasteiger partial charge on any atom is 0.514 e. The van der Waals surface area contributed by atoms with E-state index in [2.05, 4.69) is 44.2 Å². The summed E-state index contributed by atoms with van der Waals surface area (Å²) in [5.41, 5.74) is 1.08. The summed E-state index contributed by atoms with van der Waals surface area (Å²) in [4.78, 5) is 50.8. The van der Waals surface area contributed by atoms with E-state index in [1.54, 1.807) is 51.1 Å². The van der Waals surface area contributed by atoms with E-state index in [0.29, 0.717) is 29.7 Å². The Balaban J connectivity index is 1.47. The van der Waals surface area contributed by atoms with Gasteiger partial charge in [0.25, 0.3) is 5.69 Å². The summed E-state index contributed by atoms with van der Waals surface area (Å²) in [6, 6.07) is 13.1. The van der Waals surface area contributed by atoms with Crippen LogP contribution in [0.4, 0.5) is 15.3 Å². The minimum absolute atomic E-state index is 0.104. The van der Waals surface area contributed by atoms with Crippen LogP contribution in [0.1, 0.15) is 97.3 Å². The number of nitrogens with zero attached hydrogens (tertiary/aromatic N) is 1. The van der Waals surface area contributed by atoms with Gasteiger partial charge in [0.1, 0.15) is 5.60 Å². The molecule has 0 fully saturated rings. The minimum atomic E-state index is -2.36. The number of benzene rings is 2. The second-order valence-corrected chi connectivity index (χ2v) is 20.4. The molecule has 14 heteroatoms. The van der Waals surface area contributed by atoms with Crippen LogP contribution >= 0.6 is 0 Å². The zero-order chi connectivity index (χ0) is 39.2. The average molecular weight is 756 g/mol. The van der Waals surface area contributed by atoms with Crippen molar-refractivity contribution in [2.45, 2.75) is 116 Å². The number of nitrogens with one attached hydrogen (secondary N) is 2. The lowest BCUT2D eigenvalue weighted by atomic mass is 10.0. The van der Waals surface area contributed by atoms with E-state index in [1.807, 2.05) is 0 Å². The summed E-state index contributed by atoms with van der Waals surface area (Å²) in [6.07, 6.45) is 4.20. The molecule has 0 aliphatic heterocycles. The van der Waals surface area contributed by atoms with Crippen molar-refractivity contribution in [1.82, 2.24) is 10.3 Å². The van der Waals surface area contributed by atoms with Crippen molar-refractivity contribution < 1.29 is 37.9 Å². The maximum atomic E-state index is 12.8. The van der Waals surface area contributed by atoms with Crippen molar-refractivity contribution >= 4 is 37.2 Å². The first-order valence-corrected chi connectivity index (χ1v) is 21.2. The third kappa shape index (κ3) is 14.6. The van der Waals surface area contributed by atoms with Crippen LogP contribution in [-0.4, -0.2) is 62.4 Å². The number of unbranched alkanes of at least 4 members (excludes halogenated alkanes) is 4. The van der Waals surface area contributed by atoms with Gasteiger partial charge in [0, 0.05) is 36.8 Å². The Kier molecular flexibility index (Phi) is 16.0. The van der Waals surface area contributed by atoms with E-state index in [4.69, 9.17) is 23.4 Å². The first kappa shape index (κ1) is 43.1. The summed E-state index contributed by atoms with van der Waals surface area (Å²) in [6.45, 7) is 17.6. The highest BCUT2D eigenvalue weighted by atomic mass is 28.4. The van der Waals surface area contributed by atoms with E-state index >= 15 is 0 Å². The van der Waals surface area contributed by atoms with Gasteiger partial charge in [-0.1, -0.05) is 45.4 Å². The fourth-order valence-corrected chi connectivity index (χ4v) is 6.47. The van der Waals surface area contributed by atoms with Gasteiger partial charge in [-0.2, -0.15) is 0 Å². The molecule has 0 aliphatic rings. The number of carbonyl (C=O) groups is 2. The molecule has 1 unspecified atom stereocenters. The number of carbonyl (C=O) groups excluding carboxylic acids is 2. The van der Waals surface area contributed by atoms with E-state index in [-0.39, 0.29) is 35.2 Å². The number of hydrogen-bond acceptors (Lipinski definition) is 10. The zero-order valence-electron chi connectivity index (χ0n) is 32.5. The standard InChI is InChI=1S/C39H57N3O10Si/c1-38(2,3)51-37(45)50-32-22-20-30(31-21-23-34(43)41-35(31)32)33(52-53(7,8)39(4,5)6)27-40-36(44)49-26-13-10-9-12-24-48-25-14-11-15-28-16-18-29(19-17-28)42(46)47/h16-23,33H,9-15,24-27H2,1-8H3,(H,40,44)(H,41,43). The smallest absolute Gasteiger partial charge is 0.450 e. The summed E-state index contributed by atoms with van der Waals surface area (Å²) < 4.78 is 28.9. The normalized spacial score (nSPS) is 12.7. The molecule has 0 radical (unpaired) electrons. The molecule has 3 rings (SSSR count). The first-order valence-electron chi connectivity index (χ1n) is 18.3. The number of pyridine rings is 1. The van der Waals surface area contributed by atoms with Gasteiger partial charge in [0.2, 0.25) is 5.56 Å². The highest BCUT2D eigenvalue weighted by molar-refractivity contribution is 6.74. The van der Waals surface area contributed by atoms with Crippen LogP contribution in [0.25, 0.3) is 10.9 Å². The number of aromatic amines is 1. The molecule has 292 valence electrons. The lowest BCUT2D eigenvalue weighted by Gasteiger charge is -2.39. The largest absolute Gasteiger partial charge is 0.514 e. The van der Waals surface area contributed by atoms with Crippen LogP contribution in [-0.2, 0) is 25.1 Å². The van der Waals surface area contributed by atoms with Crippen LogP contribution in [0.3, 0.4) is 0 Å². The fourth-order valence-electron chi connectivity index (χ4n) is 5.19. The van der Waals surface area contributed by atoms with Crippen molar-refractivity contribution in [3.05, 3.63) is 80.1 Å². The number of non-ortho nitro benzene ring substituents is 1. The summed E-state index contributed by atoms with van der Waals surface area (Å²) >= 11 is 0. The molecular weight excluding hydrogens is 699 g/mol. The molecule has 0 saturated carbocycles. The Morgan fingerprint density at radius 2 is 1.51 bits per heavy atom. The summed E-state index contributed by atoms with van der Waals surface area (Å²) in [5, 5.41) is 14.1. The molecule has 1 amide bonds. The minimum Gasteiger partial charge on any atom is -0.450 e. The second-order valence-electron chi connectivity index (χ2n) is 15.6. The van der Waals surface area contributed by atoms with Crippen LogP contribution in [0.15, 0.2) is 53.3 Å². The third-order valence-electron chi connectivity index (χ3n) is 9.06. The van der Waals surface area contributed by atoms with Crippen molar-refractivity contribution in [3.8, 4) is 5.75 Å². The second kappa shape index (κ2) is 19.7. The van der Waals surface area contributed by atoms with Gasteiger partial charge in [-0.3, -0.25) is 14.9 Å². The number of nitro groups is 1. The van der Waals surface area contributed by atoms with Gasteiger partial charge in [-0.15, -0.1) is 0 Å². The molecule has 1 atom stereocenters. The number of rotatable bonds is 19. The van der Waals surface area contributed by atoms with Crippen LogP contribution in [0, 0.1) is 10.1 Å². The van der Waals surface area contributed by atoms with Gasteiger partial charge in [0.05, 0.1) is 29.7 Å². The number of ether oxygens (including phenoxy) is 4. The summed E-state index contributed by atoms with van der Waals surface area (Å²) in [7, 11) is -2.36. The Labute approximate surface area is 313 Å². The molecule has 13 nitrogen and oxygen atoms in total. The van der Waals surface area contributed by atoms with E-state index in [0.717, 1.165) is 50.5 Å². The van der Waals surface area contributed by atoms with Crippen LogP contribution in [0.5, 0.6) is 5.75 Å². The topological polar surface area (TPSA) is 168 Å². The molecule has 53 heavy (non-hydrogen) atoms. The first-order chi connectivity index (χ1) is 24.9. The third-order valence-corrected chi connectivity index (χ3v) is 13.5. The molecule has 0 aliphatic carbocycles. The maximum absolute atomic E-state index is 12.8. The average Bonchev–Trinajstić information content (AvgIpc) is 3.06. The molecule has 2 N–H and O–H groups in total. The van der Waals surface area contributed by atoms with Crippen molar-refractivity contribution in [2.24, 2.45) is 0 Å². The monoisotopic (exact) mass is 755 g/mol. The fraction of sp³-hybridized carbons (Fsp3) is 0.564. The Bertz CT molecular complexity index is 1710. The number of alkyl carbamates (subject to hydrolysis) is 1. The zero-order valence-corrected chi connectivity index (χ0v) is 33.5. The number of aryl methyl sites for hydroxylation is 1. The Hall–Kier alpha value is -4.27. The predicted octanol–water partition coefficient (Wildman–Crippen LogP) is 9.14. The molecule has 0 saturated heterocycles. The number of fused-ring (bicyclic) bond motifs is 1. The highest BCUT2D eigenvalue weighted by Gasteiger charge is 2.40. The van der Waals surface area contributed by atoms with Gasteiger partial charge in [-0.25, -0.2) is 9.59 Å². The quantitative estimate of drug-likeness (QED) is 0.0301. The van der Waals surface area contributed by atoms with Gasteiger partial charge >= 0.3 is 12.2 Å². The van der Waals surface area contributed by atoms with Crippen molar-refractivity contribution in [2.75, 3.05) is 26.4 Å². The lowest BCUT2D eigenvalue weighted by Crippen LogP contribution is -2.44. The molecule has 2 aromatic carbocycles. The highest BCUT2D eigenvalue weighted by Crippen LogP contribution is 2.41. The molecule has 1 heterocycles. The van der Waals surface area contributed by atoms with E-state index < -0.39 is 37.2 Å². The number of H-pyrrole nitrogens is 1. The molecule has 3 aromatic rings. The molecular formula is C39H57N3O10Si. The number of hydrogen-bond donors (Lipinski definition) is 2. The number of aromatic nitrogens is 1. The van der Waals surface area contributed by atoms with Crippen LogP contribution < -0.4 is 15.6 Å². The van der Waals surface area contributed by atoms with Gasteiger partial charge in [-0.05, 0) is 101 Å². The SMILES string of the molecule is CC(C)(C)OC(=O)Oc1ccc(C(CNC(=O)OCCCCCCOCCCCc2ccc([N+](=O)[O-])cc2)O[Si](C)(C)C(C)(C)C)c2ccc(=O)[nH]c12. The van der Waals surface area contributed by atoms with Gasteiger partial charge < -0.3 is 33.7 Å². The summed E-state index contributed by atoms with van der Waals surface area (Å²) in [5.74, 6) is 0.137. The van der Waals surface area contributed by atoms with E-state index in [1.165, 1.54) is 18.2 Å². The molecule has 0 spiro atoms. The van der Waals surface area contributed by atoms with Crippen molar-refractivity contribution in [3.63, 3.8) is 0 Å². The predicted molar refractivity (Wildman–Crippen MR) is 207 cm³/mol. The van der Waals surface area contributed by atoms with E-state index in [9.17, 15) is 24.5 Å². The van der Waals surface area contributed by atoms with Crippen LogP contribution in [0.2, 0.25) is 18.1 Å². The van der Waals surface area contributed by atoms with Gasteiger partial charge in [0.15, 0.2) is 14.1 Å².